The summed E-state index contributed by atoms with van der Waals surface area (Å²) in [6.07, 6.45) is 9.44. The Labute approximate surface area is 223 Å². The molecule has 200 valence electrons. The largest absolute Gasteiger partial charge is 0.439 e. The monoisotopic (exact) mass is 547 g/mol. The van der Waals surface area contributed by atoms with Crippen LogP contribution in [0.25, 0.3) is 0 Å². The lowest BCUT2D eigenvalue weighted by Gasteiger charge is -2.36. The molecule has 0 saturated carbocycles. The molecule has 9 nitrogen and oxygen atoms in total. The molecule has 0 aliphatic carbocycles. The highest BCUT2D eigenvalue weighted by atomic mass is 32.2. The molecule has 1 N–H and O–H groups in total. The number of amides is 2. The van der Waals surface area contributed by atoms with Crippen LogP contribution in [0.2, 0.25) is 0 Å². The maximum absolute atomic E-state index is 13.1. The molecular weight excluding hydrogens is 514 g/mol. The highest BCUT2D eigenvalue weighted by Crippen LogP contribution is 2.41. The fourth-order valence-electron chi connectivity index (χ4n) is 4.12. The molecule has 1 aromatic rings. The number of thiocarbonyl (C=S) groups is 1. The zero-order valence-corrected chi connectivity index (χ0v) is 22.9. The van der Waals surface area contributed by atoms with Crippen LogP contribution < -0.4 is 9.64 Å². The van der Waals surface area contributed by atoms with Crippen molar-refractivity contribution in [3.8, 4) is 5.75 Å². The Hall–Kier alpha value is -3.02. The van der Waals surface area contributed by atoms with Crippen molar-refractivity contribution in [2.45, 2.75) is 58.2 Å². The molecule has 37 heavy (non-hydrogen) atoms. The van der Waals surface area contributed by atoms with Crippen LogP contribution in [-0.2, 0) is 19.7 Å². The van der Waals surface area contributed by atoms with Crippen molar-refractivity contribution in [3.05, 3.63) is 60.0 Å². The number of unbranched alkanes of at least 4 members (excludes halogenated alkanes) is 2. The average Bonchev–Trinajstić information content (AvgIpc) is 3.21. The number of rotatable bonds is 11. The summed E-state index contributed by atoms with van der Waals surface area (Å²) < 4.78 is 39.8. The van der Waals surface area contributed by atoms with Crippen LogP contribution in [0, 0.1) is 0 Å². The molecular formula is C26H33N3O6S2. The van der Waals surface area contributed by atoms with Gasteiger partial charge >= 0.3 is 0 Å². The molecule has 2 aliphatic rings. The van der Waals surface area contributed by atoms with Crippen LogP contribution in [0.3, 0.4) is 0 Å². The number of hydrogen-bond donors (Lipinski definition) is 1. The van der Waals surface area contributed by atoms with E-state index in [1.807, 2.05) is 13.8 Å². The number of anilines is 1. The van der Waals surface area contributed by atoms with Gasteiger partial charge in [-0.2, -0.15) is 8.42 Å². The molecule has 1 fully saturated rings. The van der Waals surface area contributed by atoms with Crippen LogP contribution in [0.4, 0.5) is 5.69 Å². The summed E-state index contributed by atoms with van der Waals surface area (Å²) in [5.41, 5.74) is 0.515. The summed E-state index contributed by atoms with van der Waals surface area (Å²) in [5, 5.41) is -1.00. The molecule has 1 saturated heterocycles. The first-order valence-corrected chi connectivity index (χ1v) is 14.4. The van der Waals surface area contributed by atoms with Crippen molar-refractivity contribution < 1.29 is 27.3 Å². The highest BCUT2D eigenvalue weighted by Gasteiger charge is 2.39. The first-order valence-electron chi connectivity index (χ1n) is 12.4. The molecule has 11 heteroatoms. The third kappa shape index (κ3) is 6.28. The van der Waals surface area contributed by atoms with Gasteiger partial charge in [-0.15, -0.1) is 0 Å². The van der Waals surface area contributed by atoms with Crippen LogP contribution in [0.1, 0.15) is 52.9 Å². The van der Waals surface area contributed by atoms with Gasteiger partial charge in [0.2, 0.25) is 5.88 Å². The molecule has 2 aliphatic heterocycles. The lowest BCUT2D eigenvalue weighted by molar-refractivity contribution is -0.133. The summed E-state index contributed by atoms with van der Waals surface area (Å²) in [7, 11) is -4.41. The lowest BCUT2D eigenvalue weighted by Crippen LogP contribution is -2.56. The Morgan fingerprint density at radius 2 is 1.54 bits per heavy atom. The topological polar surface area (TPSA) is 107 Å². The Morgan fingerprint density at radius 3 is 2.08 bits per heavy atom. The summed E-state index contributed by atoms with van der Waals surface area (Å²) in [6, 6.07) is 6.90. The van der Waals surface area contributed by atoms with Crippen molar-refractivity contribution in [1.82, 2.24) is 9.80 Å². The third-order valence-electron chi connectivity index (χ3n) is 6.05. The standard InChI is InChI=1S/C26H33N3O6S2/c1-4-7-17-27-24(30)19(25(31)28(26(27)36)18-8-5-2)13-9-12-16-22-29(23(6-3)37(32,33)34)20-14-10-11-15-21(20)35-22/h9-16,23H,4-8,17-18H2,1-3H3,(H,32,33,34)/b12-9+,22-16-. The molecule has 0 aromatic heterocycles. The maximum Gasteiger partial charge on any atom is 0.286 e. The van der Waals surface area contributed by atoms with Crippen molar-refractivity contribution in [2.24, 2.45) is 0 Å². The van der Waals surface area contributed by atoms with E-state index in [9.17, 15) is 22.6 Å². The Morgan fingerprint density at radius 1 is 0.973 bits per heavy atom. The molecule has 1 atom stereocenters. The van der Waals surface area contributed by atoms with Gasteiger partial charge in [-0.25, -0.2) is 0 Å². The molecule has 0 spiro atoms. The molecule has 1 aromatic carbocycles. The van der Waals surface area contributed by atoms with Gasteiger partial charge in [-0.05, 0) is 55.8 Å². The third-order valence-corrected chi connectivity index (χ3v) is 7.73. The number of carbonyl (C=O) groups is 2. The van der Waals surface area contributed by atoms with Gasteiger partial charge in [0, 0.05) is 13.1 Å². The van der Waals surface area contributed by atoms with E-state index in [1.165, 1.54) is 32.9 Å². The second-order valence-corrected chi connectivity index (χ2v) is 10.6. The van der Waals surface area contributed by atoms with E-state index < -0.39 is 27.3 Å². The number of fused-ring (bicyclic) bond motifs is 1. The van der Waals surface area contributed by atoms with E-state index in [4.69, 9.17) is 17.0 Å². The van der Waals surface area contributed by atoms with E-state index in [1.54, 1.807) is 37.3 Å². The van der Waals surface area contributed by atoms with Crippen LogP contribution in [-0.4, -0.2) is 58.2 Å². The Kier molecular flexibility index (Phi) is 9.63. The first kappa shape index (κ1) is 28.5. The van der Waals surface area contributed by atoms with Gasteiger partial charge in [0.15, 0.2) is 16.2 Å². The second-order valence-electron chi connectivity index (χ2n) is 8.69. The summed E-state index contributed by atoms with van der Waals surface area (Å²) in [5.74, 6) is -0.224. The molecule has 0 bridgehead atoms. The second kappa shape index (κ2) is 12.5. The zero-order valence-electron chi connectivity index (χ0n) is 21.3. The molecule has 2 heterocycles. The van der Waals surface area contributed by atoms with E-state index in [0.29, 0.717) is 24.5 Å². The van der Waals surface area contributed by atoms with Gasteiger partial charge in [0.05, 0.1) is 5.69 Å². The fraction of sp³-hybridized carbons (Fsp3) is 0.423. The number of para-hydroxylation sites is 2. The lowest BCUT2D eigenvalue weighted by atomic mass is 10.1. The number of ether oxygens (including phenoxy) is 1. The highest BCUT2D eigenvalue weighted by molar-refractivity contribution is 7.86. The van der Waals surface area contributed by atoms with Gasteiger partial charge in [0.25, 0.3) is 21.9 Å². The van der Waals surface area contributed by atoms with Crippen molar-refractivity contribution in [1.29, 1.82) is 0 Å². The van der Waals surface area contributed by atoms with Gasteiger partial charge in [0.1, 0.15) is 5.57 Å². The number of hydrogen-bond acceptors (Lipinski definition) is 7. The number of allylic oxidation sites excluding steroid dienone is 4. The van der Waals surface area contributed by atoms with E-state index >= 15 is 0 Å². The van der Waals surface area contributed by atoms with Crippen LogP contribution in [0.5, 0.6) is 5.75 Å². The predicted octanol–water partition coefficient (Wildman–Crippen LogP) is 4.39. The first-order chi connectivity index (χ1) is 17.6. The van der Waals surface area contributed by atoms with Crippen molar-refractivity contribution in [3.63, 3.8) is 0 Å². The Balaban J connectivity index is 1.92. The van der Waals surface area contributed by atoms with Crippen LogP contribution in [0.15, 0.2) is 60.0 Å². The van der Waals surface area contributed by atoms with Crippen LogP contribution >= 0.6 is 12.2 Å². The Bertz CT molecular complexity index is 1210. The minimum absolute atomic E-state index is 0.00677. The number of nitrogens with zero attached hydrogens (tertiary/aromatic N) is 3. The number of benzene rings is 1. The van der Waals surface area contributed by atoms with Gasteiger partial charge in [-0.3, -0.25) is 28.8 Å². The molecule has 3 rings (SSSR count). The SMILES string of the molecule is CCCCN1C(=O)C(=C/C=C/C=C2\Oc3ccccc3N2C(CC)S(=O)(=O)O)C(=O)N(CCCC)C1=S. The van der Waals surface area contributed by atoms with Gasteiger partial charge < -0.3 is 4.74 Å². The zero-order chi connectivity index (χ0) is 27.2. The van der Waals surface area contributed by atoms with Crippen molar-refractivity contribution in [2.75, 3.05) is 18.0 Å². The summed E-state index contributed by atoms with van der Waals surface area (Å²) in [6.45, 7) is 6.55. The van der Waals surface area contributed by atoms with E-state index in [2.05, 4.69) is 0 Å². The minimum Gasteiger partial charge on any atom is -0.439 e. The molecule has 1 unspecified atom stereocenters. The van der Waals surface area contributed by atoms with E-state index in [0.717, 1.165) is 25.7 Å². The predicted molar refractivity (Wildman–Crippen MR) is 146 cm³/mol. The van der Waals surface area contributed by atoms with E-state index in [-0.39, 0.29) is 23.0 Å². The summed E-state index contributed by atoms with van der Waals surface area (Å²) >= 11 is 5.47. The minimum atomic E-state index is -4.41. The maximum atomic E-state index is 13.1. The summed E-state index contributed by atoms with van der Waals surface area (Å²) in [4.78, 5) is 30.6. The van der Waals surface area contributed by atoms with Gasteiger partial charge in [-0.1, -0.05) is 57.9 Å². The fourth-order valence-corrected chi connectivity index (χ4v) is 5.38. The molecule has 0 radical (unpaired) electrons. The van der Waals surface area contributed by atoms with Crippen molar-refractivity contribution >= 4 is 45.0 Å². The normalized spacial score (nSPS) is 18.2. The smallest absolute Gasteiger partial charge is 0.286 e. The average molecular weight is 548 g/mol. The quantitative estimate of drug-likeness (QED) is 0.188. The molecule has 2 amide bonds. The number of carbonyl (C=O) groups excluding carboxylic acids is 2.